The molecule has 0 saturated heterocycles. The zero-order valence-corrected chi connectivity index (χ0v) is 12.2. The highest BCUT2D eigenvalue weighted by Gasteiger charge is 2.22. The Morgan fingerprint density at radius 1 is 1.16 bits per heavy atom. The van der Waals surface area contributed by atoms with Crippen LogP contribution in [0.1, 0.15) is 44.2 Å². The van der Waals surface area contributed by atoms with Gasteiger partial charge in [0.05, 0.1) is 13.2 Å². The van der Waals surface area contributed by atoms with Crippen LogP contribution in [0.15, 0.2) is 24.3 Å². The second kappa shape index (κ2) is 6.92. The molecule has 19 heavy (non-hydrogen) atoms. The molecule has 1 fully saturated rings. The van der Waals surface area contributed by atoms with Gasteiger partial charge < -0.3 is 14.8 Å². The molecule has 0 amide bonds. The molecule has 2 rings (SSSR count). The third-order valence-corrected chi connectivity index (χ3v) is 4.09. The van der Waals surface area contributed by atoms with Crippen molar-refractivity contribution < 1.29 is 9.47 Å². The first-order chi connectivity index (χ1) is 9.22. The van der Waals surface area contributed by atoms with Crippen LogP contribution in [0.25, 0.3) is 0 Å². The van der Waals surface area contributed by atoms with Crippen molar-refractivity contribution in [2.75, 3.05) is 14.2 Å². The summed E-state index contributed by atoms with van der Waals surface area (Å²) in [6.45, 7) is 2.22. The highest BCUT2D eigenvalue weighted by molar-refractivity contribution is 5.30. The van der Waals surface area contributed by atoms with Crippen LogP contribution in [0.5, 0.6) is 5.75 Å². The summed E-state index contributed by atoms with van der Waals surface area (Å²) in [6.07, 6.45) is 5.20. The molecule has 1 N–H and O–H groups in total. The van der Waals surface area contributed by atoms with E-state index in [0.29, 0.717) is 18.2 Å². The summed E-state index contributed by atoms with van der Waals surface area (Å²) in [6, 6.07) is 9.26. The third-order valence-electron chi connectivity index (χ3n) is 4.09. The van der Waals surface area contributed by atoms with Gasteiger partial charge in [0.25, 0.3) is 0 Å². The molecule has 3 nitrogen and oxygen atoms in total. The number of ether oxygens (including phenoxy) is 2. The van der Waals surface area contributed by atoms with Gasteiger partial charge in [0.1, 0.15) is 5.75 Å². The van der Waals surface area contributed by atoms with Gasteiger partial charge >= 0.3 is 0 Å². The molecule has 0 heterocycles. The largest absolute Gasteiger partial charge is 0.497 e. The van der Waals surface area contributed by atoms with Gasteiger partial charge in [0.15, 0.2) is 0 Å². The average molecular weight is 263 g/mol. The first-order valence-electron chi connectivity index (χ1n) is 7.15. The Balaban J connectivity index is 1.88. The van der Waals surface area contributed by atoms with E-state index in [4.69, 9.17) is 9.47 Å². The molecule has 3 heteroatoms. The molecular formula is C16H25NO2. The zero-order valence-electron chi connectivity index (χ0n) is 12.2. The molecular weight excluding hydrogens is 238 g/mol. The maximum Gasteiger partial charge on any atom is 0.119 e. The first kappa shape index (κ1) is 14.4. The van der Waals surface area contributed by atoms with Crippen LogP contribution in [0, 0.1) is 0 Å². The highest BCUT2D eigenvalue weighted by Crippen LogP contribution is 2.24. The predicted octanol–water partition coefficient (Wildman–Crippen LogP) is 3.30. The van der Waals surface area contributed by atoms with Crippen LogP contribution in [-0.4, -0.2) is 26.4 Å². The van der Waals surface area contributed by atoms with E-state index in [9.17, 15) is 0 Å². The van der Waals surface area contributed by atoms with E-state index in [1.807, 2.05) is 19.2 Å². The lowest BCUT2D eigenvalue weighted by Gasteiger charge is -2.30. The van der Waals surface area contributed by atoms with Gasteiger partial charge in [-0.25, -0.2) is 0 Å². The first-order valence-corrected chi connectivity index (χ1v) is 7.15. The summed E-state index contributed by atoms with van der Waals surface area (Å²) in [5.41, 5.74) is 1.29. The Hall–Kier alpha value is -1.06. The van der Waals surface area contributed by atoms with Crippen LogP contribution < -0.4 is 10.1 Å². The number of nitrogens with one attached hydrogen (secondary N) is 1. The van der Waals surface area contributed by atoms with Crippen LogP contribution >= 0.6 is 0 Å². The lowest BCUT2D eigenvalue weighted by Crippen LogP contribution is -2.36. The molecule has 1 aliphatic carbocycles. The Bertz CT molecular complexity index is 386. The highest BCUT2D eigenvalue weighted by atomic mass is 16.5. The number of benzene rings is 1. The van der Waals surface area contributed by atoms with E-state index in [1.54, 1.807) is 7.11 Å². The molecule has 1 aromatic carbocycles. The molecule has 0 aromatic heterocycles. The summed E-state index contributed by atoms with van der Waals surface area (Å²) in [4.78, 5) is 0. The summed E-state index contributed by atoms with van der Waals surface area (Å²) in [5.74, 6) is 0.925. The van der Waals surface area contributed by atoms with E-state index in [-0.39, 0.29) is 0 Å². The molecule has 0 bridgehead atoms. The lowest BCUT2D eigenvalue weighted by molar-refractivity contribution is 0.0614. The fraction of sp³-hybridized carbons (Fsp3) is 0.625. The summed E-state index contributed by atoms with van der Waals surface area (Å²) in [5, 5.41) is 3.72. The van der Waals surface area contributed by atoms with Gasteiger partial charge in [-0.2, -0.15) is 0 Å². The van der Waals surface area contributed by atoms with Gasteiger partial charge in [-0.3, -0.25) is 0 Å². The molecule has 0 unspecified atom stereocenters. The quantitative estimate of drug-likeness (QED) is 0.884. The van der Waals surface area contributed by atoms with Crippen molar-refractivity contribution in [3.05, 3.63) is 29.8 Å². The summed E-state index contributed by atoms with van der Waals surface area (Å²) >= 11 is 0. The van der Waals surface area contributed by atoms with Crippen molar-refractivity contribution in [3.63, 3.8) is 0 Å². The Morgan fingerprint density at radius 2 is 1.89 bits per heavy atom. The van der Waals surface area contributed by atoms with Gasteiger partial charge in [-0.1, -0.05) is 12.1 Å². The predicted molar refractivity (Wildman–Crippen MR) is 77.6 cm³/mol. The molecule has 0 aliphatic heterocycles. The average Bonchev–Trinajstić information content (AvgIpc) is 2.48. The molecule has 1 atom stereocenters. The van der Waals surface area contributed by atoms with Crippen LogP contribution in [0.4, 0.5) is 0 Å². The Labute approximate surface area is 116 Å². The van der Waals surface area contributed by atoms with Gasteiger partial charge in [0.2, 0.25) is 0 Å². The minimum atomic E-state index is 0.360. The molecule has 1 saturated carbocycles. The third kappa shape index (κ3) is 3.95. The molecule has 0 spiro atoms. The Kier molecular flexibility index (Phi) is 5.23. The van der Waals surface area contributed by atoms with E-state index >= 15 is 0 Å². The van der Waals surface area contributed by atoms with Gasteiger partial charge in [0, 0.05) is 19.2 Å². The van der Waals surface area contributed by atoms with Gasteiger partial charge in [-0.15, -0.1) is 0 Å². The van der Waals surface area contributed by atoms with Crippen molar-refractivity contribution >= 4 is 0 Å². The molecule has 0 radical (unpaired) electrons. The van der Waals surface area contributed by atoms with E-state index in [1.165, 1.54) is 31.2 Å². The summed E-state index contributed by atoms with van der Waals surface area (Å²) < 4.78 is 10.7. The van der Waals surface area contributed by atoms with Crippen LogP contribution in [0.2, 0.25) is 0 Å². The number of hydrogen-bond donors (Lipinski definition) is 1. The lowest BCUT2D eigenvalue weighted by atomic mass is 9.92. The second-order valence-corrected chi connectivity index (χ2v) is 5.37. The fourth-order valence-electron chi connectivity index (χ4n) is 2.83. The maximum absolute atomic E-state index is 5.42. The standard InChI is InChI=1S/C16H25NO2/c1-12(13-5-4-6-16(11-13)19-3)17-14-7-9-15(18-2)10-8-14/h4-6,11-12,14-15,17H,7-10H2,1-3H3/t12-,14?,15?/m0/s1. The molecule has 106 valence electrons. The van der Waals surface area contributed by atoms with Crippen molar-refractivity contribution in [2.24, 2.45) is 0 Å². The topological polar surface area (TPSA) is 30.5 Å². The second-order valence-electron chi connectivity index (χ2n) is 5.37. The van der Waals surface area contributed by atoms with E-state index in [2.05, 4.69) is 24.4 Å². The molecule has 1 aliphatic rings. The van der Waals surface area contributed by atoms with Crippen molar-refractivity contribution in [1.29, 1.82) is 0 Å². The monoisotopic (exact) mass is 263 g/mol. The van der Waals surface area contributed by atoms with Crippen molar-refractivity contribution in [1.82, 2.24) is 5.32 Å². The number of hydrogen-bond acceptors (Lipinski definition) is 3. The fourth-order valence-corrected chi connectivity index (χ4v) is 2.83. The summed E-state index contributed by atoms with van der Waals surface area (Å²) in [7, 11) is 3.53. The van der Waals surface area contributed by atoms with E-state index < -0.39 is 0 Å². The smallest absolute Gasteiger partial charge is 0.119 e. The zero-order chi connectivity index (χ0) is 13.7. The van der Waals surface area contributed by atoms with Crippen molar-refractivity contribution in [3.8, 4) is 5.75 Å². The maximum atomic E-state index is 5.42. The SMILES string of the molecule is COc1cccc([C@H](C)NC2CCC(OC)CC2)c1. The van der Waals surface area contributed by atoms with E-state index in [0.717, 1.165) is 5.75 Å². The van der Waals surface area contributed by atoms with Crippen LogP contribution in [-0.2, 0) is 4.74 Å². The van der Waals surface area contributed by atoms with Crippen molar-refractivity contribution in [2.45, 2.75) is 50.8 Å². The minimum Gasteiger partial charge on any atom is -0.497 e. The normalized spacial score (nSPS) is 25.0. The number of methoxy groups -OCH3 is 2. The minimum absolute atomic E-state index is 0.360. The molecule has 1 aromatic rings. The van der Waals surface area contributed by atoms with Crippen LogP contribution in [0.3, 0.4) is 0 Å². The number of rotatable bonds is 5. The Morgan fingerprint density at radius 3 is 2.53 bits per heavy atom. The van der Waals surface area contributed by atoms with Gasteiger partial charge in [-0.05, 0) is 50.3 Å².